The zero-order chi connectivity index (χ0) is 25.2. The number of para-hydroxylation sites is 1. The SMILES string of the molecule is COc1ccc(C(=O)N[C@H]2CC[C@@H](Nc3cc(C(F)(F)F)nc4ccccc34)CC2)cc1N(C)C. The molecule has 1 aliphatic carbocycles. The van der Waals surface area contributed by atoms with Crippen molar-refractivity contribution in [1.29, 1.82) is 0 Å². The number of amides is 1. The van der Waals surface area contributed by atoms with Crippen LogP contribution in [-0.2, 0) is 6.18 Å². The van der Waals surface area contributed by atoms with Crippen LogP contribution in [0.15, 0.2) is 48.5 Å². The van der Waals surface area contributed by atoms with Gasteiger partial charge in [0.25, 0.3) is 5.91 Å². The van der Waals surface area contributed by atoms with E-state index in [0.29, 0.717) is 27.9 Å². The number of ether oxygens (including phenoxy) is 1. The maximum absolute atomic E-state index is 13.4. The lowest BCUT2D eigenvalue weighted by Gasteiger charge is -2.31. The average molecular weight is 487 g/mol. The second kappa shape index (κ2) is 10.0. The summed E-state index contributed by atoms with van der Waals surface area (Å²) in [6.45, 7) is 0. The second-order valence-electron chi connectivity index (χ2n) is 9.02. The first kappa shape index (κ1) is 24.6. The molecule has 1 fully saturated rings. The van der Waals surface area contributed by atoms with Crippen molar-refractivity contribution in [2.75, 3.05) is 31.4 Å². The molecule has 1 aromatic heterocycles. The standard InChI is InChI=1S/C26H29F3N4O2/c1-33(2)22-14-16(8-13-23(22)35-3)25(34)31-18-11-9-17(10-12-18)30-21-15-24(26(27,28)29)32-20-7-5-4-6-19(20)21/h4-8,13-15,17-18H,9-12H2,1-3H3,(H,30,32)(H,31,34)/t17-,18+. The molecule has 0 bridgehead atoms. The van der Waals surface area contributed by atoms with Crippen LogP contribution in [0.5, 0.6) is 5.75 Å². The Hall–Kier alpha value is -3.49. The van der Waals surface area contributed by atoms with E-state index in [1.54, 1.807) is 49.6 Å². The molecule has 9 heteroatoms. The van der Waals surface area contributed by atoms with Crippen LogP contribution in [0.3, 0.4) is 0 Å². The molecule has 0 saturated heterocycles. The van der Waals surface area contributed by atoms with E-state index in [-0.39, 0.29) is 18.0 Å². The number of halogens is 3. The maximum Gasteiger partial charge on any atom is 0.433 e. The highest BCUT2D eigenvalue weighted by Gasteiger charge is 2.34. The van der Waals surface area contributed by atoms with Gasteiger partial charge in [-0.05, 0) is 56.0 Å². The van der Waals surface area contributed by atoms with E-state index >= 15 is 0 Å². The fourth-order valence-corrected chi connectivity index (χ4v) is 4.49. The van der Waals surface area contributed by atoms with Gasteiger partial charge in [-0.25, -0.2) is 4.98 Å². The number of pyridine rings is 1. The molecule has 2 N–H and O–H groups in total. The minimum atomic E-state index is -4.52. The number of nitrogens with zero attached hydrogens (tertiary/aromatic N) is 2. The Kier molecular flexibility index (Phi) is 7.05. The number of carbonyl (C=O) groups is 1. The van der Waals surface area contributed by atoms with Gasteiger partial charge in [0.05, 0.1) is 18.3 Å². The molecule has 0 aliphatic heterocycles. The average Bonchev–Trinajstić information content (AvgIpc) is 2.84. The third-order valence-electron chi connectivity index (χ3n) is 6.35. The Balaban J connectivity index is 1.41. The molecule has 1 saturated carbocycles. The van der Waals surface area contributed by atoms with Gasteiger partial charge in [0.15, 0.2) is 0 Å². The van der Waals surface area contributed by atoms with Crippen LogP contribution in [0, 0.1) is 0 Å². The molecular weight excluding hydrogens is 457 g/mol. The zero-order valence-corrected chi connectivity index (χ0v) is 19.9. The van der Waals surface area contributed by atoms with Gasteiger partial charge >= 0.3 is 6.18 Å². The van der Waals surface area contributed by atoms with Crippen molar-refractivity contribution in [1.82, 2.24) is 10.3 Å². The third kappa shape index (κ3) is 5.61. The van der Waals surface area contributed by atoms with E-state index in [1.165, 1.54) is 0 Å². The Labute approximate surface area is 202 Å². The Morgan fingerprint density at radius 2 is 1.71 bits per heavy atom. The Morgan fingerprint density at radius 1 is 1.03 bits per heavy atom. The topological polar surface area (TPSA) is 66.5 Å². The number of hydrogen-bond donors (Lipinski definition) is 2. The van der Waals surface area contributed by atoms with Crippen molar-refractivity contribution >= 4 is 28.2 Å². The van der Waals surface area contributed by atoms with Crippen molar-refractivity contribution in [2.45, 2.75) is 43.9 Å². The van der Waals surface area contributed by atoms with Crippen LogP contribution in [0.2, 0.25) is 0 Å². The molecule has 0 atom stereocenters. The van der Waals surface area contributed by atoms with E-state index in [1.807, 2.05) is 19.0 Å². The first-order chi connectivity index (χ1) is 16.7. The molecule has 1 amide bonds. The van der Waals surface area contributed by atoms with Crippen molar-refractivity contribution < 1.29 is 22.7 Å². The number of rotatable bonds is 6. The molecule has 1 heterocycles. The smallest absolute Gasteiger partial charge is 0.433 e. The molecule has 0 radical (unpaired) electrons. The van der Waals surface area contributed by atoms with Crippen LogP contribution < -0.4 is 20.3 Å². The molecule has 4 rings (SSSR count). The molecule has 0 spiro atoms. The quantitative estimate of drug-likeness (QED) is 0.483. The van der Waals surface area contributed by atoms with Crippen molar-refractivity contribution in [3.8, 4) is 5.75 Å². The van der Waals surface area contributed by atoms with Crippen molar-refractivity contribution in [2.24, 2.45) is 0 Å². The largest absolute Gasteiger partial charge is 0.495 e. The highest BCUT2D eigenvalue weighted by molar-refractivity contribution is 5.96. The number of aromatic nitrogens is 1. The summed E-state index contributed by atoms with van der Waals surface area (Å²) in [5, 5.41) is 7.06. The first-order valence-corrected chi connectivity index (χ1v) is 11.6. The van der Waals surface area contributed by atoms with Crippen LogP contribution in [-0.4, -0.2) is 44.2 Å². The monoisotopic (exact) mass is 486 g/mol. The van der Waals surface area contributed by atoms with E-state index in [0.717, 1.165) is 37.4 Å². The predicted octanol–water partition coefficient (Wildman–Crippen LogP) is 5.48. The number of anilines is 2. The molecule has 35 heavy (non-hydrogen) atoms. The van der Waals surface area contributed by atoms with Crippen LogP contribution in [0.4, 0.5) is 24.5 Å². The third-order valence-corrected chi connectivity index (χ3v) is 6.35. The summed E-state index contributed by atoms with van der Waals surface area (Å²) in [6.07, 6.45) is -1.59. The molecule has 3 aromatic rings. The number of nitrogens with one attached hydrogen (secondary N) is 2. The van der Waals surface area contributed by atoms with Gasteiger partial charge in [-0.1, -0.05) is 18.2 Å². The minimum absolute atomic E-state index is 0.00498. The number of hydrogen-bond acceptors (Lipinski definition) is 5. The van der Waals surface area contributed by atoms with Gasteiger partial charge in [0.1, 0.15) is 11.4 Å². The fourth-order valence-electron chi connectivity index (χ4n) is 4.49. The summed E-state index contributed by atoms with van der Waals surface area (Å²) in [5.74, 6) is 0.539. The van der Waals surface area contributed by atoms with Gasteiger partial charge in [0.2, 0.25) is 0 Å². The molecule has 6 nitrogen and oxygen atoms in total. The van der Waals surface area contributed by atoms with E-state index in [4.69, 9.17) is 4.74 Å². The maximum atomic E-state index is 13.4. The number of methoxy groups -OCH3 is 1. The summed E-state index contributed by atoms with van der Waals surface area (Å²) in [6, 6.07) is 13.2. The summed E-state index contributed by atoms with van der Waals surface area (Å²) >= 11 is 0. The van der Waals surface area contributed by atoms with E-state index < -0.39 is 11.9 Å². The van der Waals surface area contributed by atoms with Crippen LogP contribution >= 0.6 is 0 Å². The lowest BCUT2D eigenvalue weighted by atomic mass is 9.90. The van der Waals surface area contributed by atoms with Crippen molar-refractivity contribution in [3.05, 3.63) is 59.8 Å². The number of benzene rings is 2. The van der Waals surface area contributed by atoms with Gasteiger partial charge in [-0.15, -0.1) is 0 Å². The lowest BCUT2D eigenvalue weighted by molar-refractivity contribution is -0.140. The van der Waals surface area contributed by atoms with E-state index in [2.05, 4.69) is 15.6 Å². The summed E-state index contributed by atoms with van der Waals surface area (Å²) in [4.78, 5) is 18.5. The lowest BCUT2D eigenvalue weighted by Crippen LogP contribution is -2.40. The second-order valence-corrected chi connectivity index (χ2v) is 9.02. The van der Waals surface area contributed by atoms with E-state index in [9.17, 15) is 18.0 Å². The van der Waals surface area contributed by atoms with Gasteiger partial charge in [-0.3, -0.25) is 4.79 Å². The van der Waals surface area contributed by atoms with Gasteiger partial charge in [0, 0.05) is 42.8 Å². The predicted molar refractivity (Wildman–Crippen MR) is 131 cm³/mol. The summed E-state index contributed by atoms with van der Waals surface area (Å²) in [7, 11) is 5.36. The molecule has 186 valence electrons. The van der Waals surface area contributed by atoms with Crippen LogP contribution in [0.25, 0.3) is 10.9 Å². The minimum Gasteiger partial charge on any atom is -0.495 e. The molecule has 1 aliphatic rings. The highest BCUT2D eigenvalue weighted by atomic mass is 19.4. The van der Waals surface area contributed by atoms with Crippen molar-refractivity contribution in [3.63, 3.8) is 0 Å². The van der Waals surface area contributed by atoms with Gasteiger partial charge < -0.3 is 20.3 Å². The molecule has 2 aromatic carbocycles. The van der Waals surface area contributed by atoms with Gasteiger partial charge in [-0.2, -0.15) is 13.2 Å². The molecular formula is C26H29F3N4O2. The van der Waals surface area contributed by atoms with Crippen LogP contribution in [0.1, 0.15) is 41.7 Å². The molecule has 0 unspecified atom stereocenters. The summed E-state index contributed by atoms with van der Waals surface area (Å²) in [5.41, 5.74) is 1.21. The number of alkyl halides is 3. The Morgan fingerprint density at radius 3 is 2.37 bits per heavy atom. The number of carbonyl (C=O) groups excluding carboxylic acids is 1. The zero-order valence-electron chi connectivity index (χ0n) is 19.9. The summed E-state index contributed by atoms with van der Waals surface area (Å²) < 4.78 is 45.4. The fraction of sp³-hybridized carbons (Fsp3) is 0.385. The normalized spacial score (nSPS) is 18.2. The first-order valence-electron chi connectivity index (χ1n) is 11.6. The Bertz CT molecular complexity index is 1200. The highest BCUT2D eigenvalue weighted by Crippen LogP contribution is 2.34. The number of fused-ring (bicyclic) bond motifs is 1.